The monoisotopic (exact) mass is 453 g/mol. The normalized spacial score (nSPS) is 11.4. The summed E-state index contributed by atoms with van der Waals surface area (Å²) in [6.45, 7) is 3.76. The van der Waals surface area contributed by atoms with Gasteiger partial charge in [-0.2, -0.15) is 18.3 Å². The smallest absolute Gasteiger partial charge is 0.348 e. The van der Waals surface area contributed by atoms with Crippen molar-refractivity contribution >= 4 is 5.91 Å². The lowest BCUT2D eigenvalue weighted by Gasteiger charge is -2.13. The second-order valence-electron chi connectivity index (χ2n) is 7.30. The maximum absolute atomic E-state index is 13.4. The number of aromatic nitrogens is 6. The summed E-state index contributed by atoms with van der Waals surface area (Å²) in [6.07, 6.45) is 0.909. The minimum Gasteiger partial charge on any atom is -0.348 e. The Morgan fingerprint density at radius 1 is 1.00 bits per heavy atom. The number of aryl methyl sites for hydroxylation is 2. The molecule has 33 heavy (non-hydrogen) atoms. The fourth-order valence-corrected chi connectivity index (χ4v) is 3.07. The van der Waals surface area contributed by atoms with E-state index in [0.29, 0.717) is 27.3 Å². The average molecular weight is 453 g/mol. The predicted octanol–water partition coefficient (Wildman–Crippen LogP) is 3.68. The van der Waals surface area contributed by atoms with E-state index in [-0.39, 0.29) is 17.8 Å². The molecule has 1 aromatic carbocycles. The molecule has 0 saturated carbocycles. The molecule has 3 aromatic heterocycles. The van der Waals surface area contributed by atoms with Crippen LogP contribution >= 0.6 is 0 Å². The molecule has 0 fully saturated rings. The first-order valence-electron chi connectivity index (χ1n) is 9.82. The molecule has 0 aliphatic carbocycles. The van der Waals surface area contributed by atoms with Gasteiger partial charge < -0.3 is 5.32 Å². The molecular weight excluding hydrogens is 435 g/mol. The first-order valence-corrected chi connectivity index (χ1v) is 9.82. The highest BCUT2D eigenvalue weighted by atomic mass is 19.4. The Balaban J connectivity index is 1.73. The van der Waals surface area contributed by atoms with Crippen molar-refractivity contribution in [3.63, 3.8) is 0 Å². The maximum Gasteiger partial charge on any atom is 0.451 e. The fraction of sp³-hybridized carbons (Fsp3) is 0.182. The Labute approximate surface area is 186 Å². The molecule has 11 heteroatoms. The number of halogens is 3. The van der Waals surface area contributed by atoms with Crippen LogP contribution in [0.25, 0.3) is 16.9 Å². The number of rotatable bonds is 5. The van der Waals surface area contributed by atoms with Crippen molar-refractivity contribution in [3.05, 3.63) is 83.6 Å². The van der Waals surface area contributed by atoms with Gasteiger partial charge in [-0.15, -0.1) is 0 Å². The standard InChI is InChI=1S/C22H18F3N7O/c1-13-3-4-19(28-8-13)16-5-17(20(33)29-11-15-9-26-14(2)27-10-15)7-18(6-16)32-21(22(23,24)25)30-12-31-32/h3-10,12H,11H2,1-2H3,(H,29,33). The van der Waals surface area contributed by atoms with E-state index in [2.05, 4.69) is 30.4 Å². The lowest BCUT2D eigenvalue weighted by Crippen LogP contribution is -2.23. The van der Waals surface area contributed by atoms with E-state index in [4.69, 9.17) is 0 Å². The molecule has 8 nitrogen and oxygen atoms in total. The molecular formula is C22H18F3N7O. The second-order valence-corrected chi connectivity index (χ2v) is 7.30. The van der Waals surface area contributed by atoms with Crippen molar-refractivity contribution in [1.29, 1.82) is 0 Å². The van der Waals surface area contributed by atoms with Crippen LogP contribution in [-0.4, -0.2) is 35.6 Å². The highest BCUT2D eigenvalue weighted by Gasteiger charge is 2.37. The van der Waals surface area contributed by atoms with Crippen LogP contribution in [-0.2, 0) is 12.7 Å². The van der Waals surface area contributed by atoms with Crippen LogP contribution in [0, 0.1) is 13.8 Å². The molecule has 0 radical (unpaired) electrons. The fourth-order valence-electron chi connectivity index (χ4n) is 3.07. The Morgan fingerprint density at radius 3 is 2.42 bits per heavy atom. The van der Waals surface area contributed by atoms with Gasteiger partial charge in [0.05, 0.1) is 11.4 Å². The molecule has 0 saturated heterocycles. The third kappa shape index (κ3) is 5.03. The molecule has 1 N–H and O–H groups in total. The Hall–Kier alpha value is -4.15. The van der Waals surface area contributed by atoms with E-state index in [9.17, 15) is 18.0 Å². The zero-order chi connectivity index (χ0) is 23.6. The molecule has 0 aliphatic rings. The second kappa shape index (κ2) is 8.77. The number of carbonyl (C=O) groups is 1. The summed E-state index contributed by atoms with van der Waals surface area (Å²) < 4.78 is 40.9. The van der Waals surface area contributed by atoms with Crippen LogP contribution < -0.4 is 5.32 Å². The van der Waals surface area contributed by atoms with Gasteiger partial charge in [0.15, 0.2) is 0 Å². The first-order chi connectivity index (χ1) is 15.7. The SMILES string of the molecule is Cc1ccc(-c2cc(C(=O)NCc3cnc(C)nc3)cc(-n3ncnc3C(F)(F)F)c2)nc1. The third-order valence-electron chi connectivity index (χ3n) is 4.72. The molecule has 0 unspecified atom stereocenters. The molecule has 0 spiro atoms. The van der Waals surface area contributed by atoms with Crippen LogP contribution in [0.15, 0.2) is 55.2 Å². The number of nitrogens with zero attached hydrogens (tertiary/aromatic N) is 6. The summed E-state index contributed by atoms with van der Waals surface area (Å²) in [5, 5.41) is 6.45. The van der Waals surface area contributed by atoms with Crippen molar-refractivity contribution in [2.24, 2.45) is 0 Å². The Bertz CT molecular complexity index is 1280. The molecule has 1 amide bonds. The zero-order valence-electron chi connectivity index (χ0n) is 17.6. The van der Waals surface area contributed by atoms with Crippen molar-refractivity contribution < 1.29 is 18.0 Å². The van der Waals surface area contributed by atoms with E-state index >= 15 is 0 Å². The summed E-state index contributed by atoms with van der Waals surface area (Å²) in [4.78, 5) is 28.7. The molecule has 4 rings (SSSR count). The van der Waals surface area contributed by atoms with E-state index in [1.165, 1.54) is 12.1 Å². The lowest BCUT2D eigenvalue weighted by atomic mass is 10.0. The van der Waals surface area contributed by atoms with Crippen molar-refractivity contribution in [2.45, 2.75) is 26.6 Å². The predicted molar refractivity (Wildman–Crippen MR) is 112 cm³/mol. The molecule has 3 heterocycles. The van der Waals surface area contributed by atoms with E-state index < -0.39 is 17.9 Å². The van der Waals surface area contributed by atoms with Crippen molar-refractivity contribution in [1.82, 2.24) is 35.0 Å². The quantitative estimate of drug-likeness (QED) is 0.495. The number of benzene rings is 1. The van der Waals surface area contributed by atoms with Gasteiger partial charge in [0, 0.05) is 41.8 Å². The molecule has 4 aromatic rings. The highest BCUT2D eigenvalue weighted by Crippen LogP contribution is 2.30. The van der Waals surface area contributed by atoms with Gasteiger partial charge in [-0.1, -0.05) is 6.07 Å². The summed E-state index contributed by atoms with van der Waals surface area (Å²) >= 11 is 0. The first kappa shape index (κ1) is 22.1. The summed E-state index contributed by atoms with van der Waals surface area (Å²) in [7, 11) is 0. The zero-order valence-corrected chi connectivity index (χ0v) is 17.6. The van der Waals surface area contributed by atoms with Crippen LogP contribution in [0.5, 0.6) is 0 Å². The van der Waals surface area contributed by atoms with E-state index in [0.717, 1.165) is 11.9 Å². The number of hydrogen-bond donors (Lipinski definition) is 1. The van der Waals surface area contributed by atoms with E-state index in [1.54, 1.807) is 37.6 Å². The molecule has 0 bridgehead atoms. The highest BCUT2D eigenvalue weighted by molar-refractivity contribution is 5.96. The number of pyridine rings is 1. The van der Waals surface area contributed by atoms with Crippen molar-refractivity contribution in [3.8, 4) is 16.9 Å². The van der Waals surface area contributed by atoms with Crippen LogP contribution in [0.1, 0.15) is 33.1 Å². The van der Waals surface area contributed by atoms with Crippen LogP contribution in [0.4, 0.5) is 13.2 Å². The van der Waals surface area contributed by atoms with Crippen LogP contribution in [0.3, 0.4) is 0 Å². The van der Waals surface area contributed by atoms with Crippen molar-refractivity contribution in [2.75, 3.05) is 0 Å². The van der Waals surface area contributed by atoms with Gasteiger partial charge in [0.25, 0.3) is 5.91 Å². The van der Waals surface area contributed by atoms with Gasteiger partial charge in [0.2, 0.25) is 5.82 Å². The maximum atomic E-state index is 13.4. The minimum absolute atomic E-state index is 0.0310. The van der Waals surface area contributed by atoms with Crippen LogP contribution in [0.2, 0.25) is 0 Å². The minimum atomic E-state index is -4.72. The Morgan fingerprint density at radius 2 is 1.76 bits per heavy atom. The number of nitrogens with one attached hydrogen (secondary N) is 1. The summed E-state index contributed by atoms with van der Waals surface area (Å²) in [5.74, 6) is -1.08. The third-order valence-corrected chi connectivity index (χ3v) is 4.72. The summed E-state index contributed by atoms with van der Waals surface area (Å²) in [5.41, 5.74) is 2.73. The molecule has 0 atom stereocenters. The molecule has 0 aliphatic heterocycles. The number of amides is 1. The van der Waals surface area contributed by atoms with Gasteiger partial charge in [-0.25, -0.2) is 19.6 Å². The Kier molecular flexibility index (Phi) is 5.86. The number of alkyl halides is 3. The topological polar surface area (TPSA) is 98.5 Å². The van der Waals surface area contributed by atoms with Gasteiger partial charge in [-0.05, 0) is 43.7 Å². The average Bonchev–Trinajstić information content (AvgIpc) is 3.29. The summed E-state index contributed by atoms with van der Waals surface area (Å²) in [6, 6.07) is 7.91. The van der Waals surface area contributed by atoms with Gasteiger partial charge >= 0.3 is 6.18 Å². The van der Waals surface area contributed by atoms with E-state index in [1.807, 2.05) is 13.0 Å². The molecule has 168 valence electrons. The number of hydrogen-bond acceptors (Lipinski definition) is 6. The van der Waals surface area contributed by atoms with Gasteiger partial charge in [0.1, 0.15) is 12.2 Å². The lowest BCUT2D eigenvalue weighted by molar-refractivity contribution is -0.146. The van der Waals surface area contributed by atoms with Gasteiger partial charge in [-0.3, -0.25) is 9.78 Å². The number of carbonyl (C=O) groups excluding carboxylic acids is 1. The largest absolute Gasteiger partial charge is 0.451 e.